The summed E-state index contributed by atoms with van der Waals surface area (Å²) in [6.07, 6.45) is 1.54. The van der Waals surface area contributed by atoms with E-state index < -0.39 is 20.8 Å². The molecule has 0 heterocycles. The van der Waals surface area contributed by atoms with Crippen molar-refractivity contribution in [2.75, 3.05) is 18.6 Å². The summed E-state index contributed by atoms with van der Waals surface area (Å²) in [6, 6.07) is 5.00. The van der Waals surface area contributed by atoms with Gasteiger partial charge >= 0.3 is 0 Å². The van der Waals surface area contributed by atoms with Gasteiger partial charge < -0.3 is 0 Å². The van der Waals surface area contributed by atoms with Gasteiger partial charge in [0.05, 0.1) is 4.90 Å². The minimum Gasteiger partial charge on any atom is -0.260 e. The molecule has 0 spiro atoms. The molecule has 1 N–H and O–H groups in total. The molecule has 0 aromatic heterocycles. The molecule has 7 heteroatoms. The molecule has 0 aliphatic carbocycles. The third-order valence-electron chi connectivity index (χ3n) is 2.19. The van der Waals surface area contributed by atoms with Gasteiger partial charge in [0.1, 0.15) is 0 Å². The molecule has 96 valence electrons. The molecule has 4 nitrogen and oxygen atoms in total. The Labute approximate surface area is 112 Å². The Morgan fingerprint density at radius 1 is 1.41 bits per heavy atom. The molecule has 0 fully saturated rings. The number of nitrogens with one attached hydrogen (secondary N) is 1. The Bertz CT molecular complexity index is 528. The number of sulfonamides is 1. The third-order valence-corrected chi connectivity index (χ3v) is 5.43. The van der Waals surface area contributed by atoms with Gasteiger partial charge in [-0.25, -0.2) is 13.1 Å². The van der Waals surface area contributed by atoms with E-state index in [1.807, 2.05) is 0 Å². The number of hydrogen-bond donors (Lipinski definition) is 1. The second-order valence-electron chi connectivity index (χ2n) is 3.54. The van der Waals surface area contributed by atoms with Crippen LogP contribution in [0.1, 0.15) is 5.56 Å². The Morgan fingerprint density at radius 2 is 2.06 bits per heavy atom. The van der Waals surface area contributed by atoms with Crippen molar-refractivity contribution >= 4 is 36.8 Å². The van der Waals surface area contributed by atoms with Crippen molar-refractivity contribution < 1.29 is 12.6 Å². The van der Waals surface area contributed by atoms with Crippen LogP contribution >= 0.6 is 15.9 Å². The SMILES string of the molecule is Cc1c(Br)cccc1S(=O)(=O)NCC[S@](C)=O. The van der Waals surface area contributed by atoms with E-state index in [9.17, 15) is 12.6 Å². The lowest BCUT2D eigenvalue weighted by Gasteiger charge is -2.09. The van der Waals surface area contributed by atoms with Crippen LogP contribution in [0.25, 0.3) is 0 Å². The minimum atomic E-state index is -3.52. The van der Waals surface area contributed by atoms with E-state index in [-0.39, 0.29) is 11.4 Å². The van der Waals surface area contributed by atoms with E-state index >= 15 is 0 Å². The van der Waals surface area contributed by atoms with Crippen molar-refractivity contribution in [1.29, 1.82) is 0 Å². The summed E-state index contributed by atoms with van der Waals surface area (Å²) in [7, 11) is -4.53. The molecule has 1 aromatic carbocycles. The van der Waals surface area contributed by atoms with Gasteiger partial charge in [0.2, 0.25) is 10.0 Å². The van der Waals surface area contributed by atoms with Gasteiger partial charge in [-0.05, 0) is 24.6 Å². The second-order valence-corrected chi connectivity index (χ2v) is 7.68. The minimum absolute atomic E-state index is 0.178. The predicted octanol–water partition coefficient (Wildman–Crippen LogP) is 1.41. The summed E-state index contributed by atoms with van der Waals surface area (Å²) < 4.78 is 38.0. The topological polar surface area (TPSA) is 63.2 Å². The van der Waals surface area contributed by atoms with E-state index in [4.69, 9.17) is 0 Å². The van der Waals surface area contributed by atoms with Crippen molar-refractivity contribution in [3.05, 3.63) is 28.2 Å². The second kappa shape index (κ2) is 6.08. The highest BCUT2D eigenvalue weighted by molar-refractivity contribution is 9.10. The van der Waals surface area contributed by atoms with E-state index in [1.165, 1.54) is 0 Å². The van der Waals surface area contributed by atoms with Gasteiger partial charge in [-0.1, -0.05) is 22.0 Å². The Morgan fingerprint density at radius 3 is 2.65 bits per heavy atom. The first-order valence-electron chi connectivity index (χ1n) is 4.89. The number of halogens is 1. The van der Waals surface area contributed by atoms with Crippen LogP contribution in [0.3, 0.4) is 0 Å². The number of benzene rings is 1. The lowest BCUT2D eigenvalue weighted by molar-refractivity contribution is 0.583. The van der Waals surface area contributed by atoms with Gasteiger partial charge in [-0.3, -0.25) is 4.21 Å². The van der Waals surface area contributed by atoms with Crippen LogP contribution in [-0.4, -0.2) is 31.2 Å². The quantitative estimate of drug-likeness (QED) is 0.882. The summed E-state index contributed by atoms with van der Waals surface area (Å²) in [6.45, 7) is 1.91. The maximum Gasteiger partial charge on any atom is 0.240 e. The van der Waals surface area contributed by atoms with Crippen molar-refractivity contribution in [3.8, 4) is 0 Å². The summed E-state index contributed by atoms with van der Waals surface area (Å²) in [5.41, 5.74) is 0.664. The first-order valence-corrected chi connectivity index (χ1v) is 8.90. The molecule has 0 saturated heterocycles. The maximum atomic E-state index is 12.0. The fourth-order valence-electron chi connectivity index (χ4n) is 1.28. The van der Waals surface area contributed by atoms with E-state index in [0.717, 1.165) is 4.47 Å². The summed E-state index contributed by atoms with van der Waals surface area (Å²) in [4.78, 5) is 0.244. The highest BCUT2D eigenvalue weighted by Crippen LogP contribution is 2.22. The first kappa shape index (κ1) is 14.8. The van der Waals surface area contributed by atoms with Crippen molar-refractivity contribution in [2.24, 2.45) is 0 Å². The van der Waals surface area contributed by atoms with Gasteiger partial charge in [0.15, 0.2) is 0 Å². The fourth-order valence-corrected chi connectivity index (χ4v) is 3.59. The van der Waals surface area contributed by atoms with Crippen LogP contribution in [0.5, 0.6) is 0 Å². The third kappa shape index (κ3) is 4.17. The van der Waals surface area contributed by atoms with E-state index in [0.29, 0.717) is 11.3 Å². The molecule has 1 atom stereocenters. The molecule has 0 bridgehead atoms. The van der Waals surface area contributed by atoms with Crippen molar-refractivity contribution in [1.82, 2.24) is 4.72 Å². The standard InChI is InChI=1S/C10H14BrNO3S2/c1-8-9(11)4-3-5-10(8)17(14,15)12-6-7-16(2)13/h3-5,12H,6-7H2,1-2H3/t16-/m0/s1. The lowest BCUT2D eigenvalue weighted by atomic mass is 10.2. The molecule has 0 unspecified atom stereocenters. The molecule has 17 heavy (non-hydrogen) atoms. The molecule has 0 aliphatic heterocycles. The van der Waals surface area contributed by atoms with Crippen LogP contribution in [0.15, 0.2) is 27.6 Å². The lowest BCUT2D eigenvalue weighted by Crippen LogP contribution is -2.28. The van der Waals surface area contributed by atoms with Gasteiger partial charge in [-0.15, -0.1) is 0 Å². The zero-order valence-corrected chi connectivity index (χ0v) is 12.8. The van der Waals surface area contributed by atoms with Crippen LogP contribution in [0.2, 0.25) is 0 Å². The van der Waals surface area contributed by atoms with Crippen LogP contribution in [0.4, 0.5) is 0 Å². The normalized spacial score (nSPS) is 13.6. The van der Waals surface area contributed by atoms with E-state index in [1.54, 1.807) is 31.4 Å². The van der Waals surface area contributed by atoms with Gasteiger partial charge in [0, 0.05) is 33.8 Å². The molecular weight excluding hydrogens is 326 g/mol. The summed E-state index contributed by atoms with van der Waals surface area (Å²) >= 11 is 3.29. The fraction of sp³-hybridized carbons (Fsp3) is 0.400. The summed E-state index contributed by atoms with van der Waals surface area (Å²) in [5.74, 6) is 0.312. The molecule has 0 aliphatic rings. The highest BCUT2D eigenvalue weighted by Gasteiger charge is 2.17. The van der Waals surface area contributed by atoms with Crippen molar-refractivity contribution in [3.63, 3.8) is 0 Å². The molecular formula is C10H14BrNO3S2. The zero-order valence-electron chi connectivity index (χ0n) is 9.57. The molecule has 0 radical (unpaired) electrons. The summed E-state index contributed by atoms with van der Waals surface area (Å²) in [5, 5.41) is 0. The zero-order chi connectivity index (χ0) is 13.1. The molecule has 0 amide bonds. The average Bonchev–Trinajstić information content (AvgIpc) is 2.21. The number of hydrogen-bond acceptors (Lipinski definition) is 3. The maximum absolute atomic E-state index is 12.0. The highest BCUT2D eigenvalue weighted by atomic mass is 79.9. The Kier molecular flexibility index (Phi) is 5.30. The van der Waals surface area contributed by atoms with Gasteiger partial charge in [0.25, 0.3) is 0 Å². The molecule has 0 saturated carbocycles. The Balaban J connectivity index is 2.90. The molecule has 1 aromatic rings. The number of rotatable bonds is 5. The van der Waals surface area contributed by atoms with Crippen molar-refractivity contribution in [2.45, 2.75) is 11.8 Å². The predicted molar refractivity (Wildman–Crippen MR) is 73.0 cm³/mol. The molecule has 1 rings (SSSR count). The smallest absolute Gasteiger partial charge is 0.240 e. The largest absolute Gasteiger partial charge is 0.260 e. The van der Waals surface area contributed by atoms with Crippen LogP contribution < -0.4 is 4.72 Å². The first-order chi connectivity index (χ1) is 7.84. The van der Waals surface area contributed by atoms with Gasteiger partial charge in [-0.2, -0.15) is 0 Å². The Hall–Kier alpha value is -0.240. The van der Waals surface area contributed by atoms with E-state index in [2.05, 4.69) is 20.7 Å². The van der Waals surface area contributed by atoms with Crippen LogP contribution in [-0.2, 0) is 20.8 Å². The average molecular weight is 340 g/mol. The van der Waals surface area contributed by atoms with Crippen LogP contribution in [0, 0.1) is 6.92 Å². The monoisotopic (exact) mass is 339 g/mol.